The van der Waals surface area contributed by atoms with Crippen LogP contribution in [0.5, 0.6) is 0 Å². The lowest BCUT2D eigenvalue weighted by Crippen LogP contribution is -2.54. The maximum absolute atomic E-state index is 6.15. The first-order valence-corrected chi connectivity index (χ1v) is 5.67. The summed E-state index contributed by atoms with van der Waals surface area (Å²) in [6, 6.07) is 4.68. The molecular formula is C11H16ClN3. The second-order valence-corrected chi connectivity index (χ2v) is 4.53. The number of halogens is 1. The number of anilines is 1. The predicted octanol–water partition coefficient (Wildman–Crippen LogP) is 1.92. The topological polar surface area (TPSA) is 28.2 Å². The summed E-state index contributed by atoms with van der Waals surface area (Å²) in [5.41, 5.74) is 0. The third kappa shape index (κ3) is 2.24. The van der Waals surface area contributed by atoms with Gasteiger partial charge in [0.2, 0.25) is 0 Å². The first kappa shape index (κ1) is 10.7. The molecule has 1 aromatic heterocycles. The SMILES string of the molecule is CC1CN(c2ncccc2Cl)C(C)CN1. The van der Waals surface area contributed by atoms with Crippen molar-refractivity contribution in [3.63, 3.8) is 0 Å². The standard InChI is InChI=1S/C11H16ClN3/c1-8-7-15(9(2)6-14-8)11-10(12)4-3-5-13-11/h3-5,8-9,14H,6-7H2,1-2H3. The zero-order valence-corrected chi connectivity index (χ0v) is 9.83. The van der Waals surface area contributed by atoms with E-state index in [9.17, 15) is 0 Å². The van der Waals surface area contributed by atoms with Crippen molar-refractivity contribution >= 4 is 17.4 Å². The van der Waals surface area contributed by atoms with E-state index in [1.54, 1.807) is 6.20 Å². The summed E-state index contributed by atoms with van der Waals surface area (Å²) in [5.74, 6) is 0.903. The van der Waals surface area contributed by atoms with Crippen molar-refractivity contribution < 1.29 is 0 Å². The van der Waals surface area contributed by atoms with Gasteiger partial charge in [-0.15, -0.1) is 0 Å². The minimum Gasteiger partial charge on any atom is -0.350 e. The number of hydrogen-bond donors (Lipinski definition) is 1. The fourth-order valence-corrected chi connectivity index (χ4v) is 2.14. The molecule has 0 amide bonds. The molecule has 2 rings (SSSR count). The van der Waals surface area contributed by atoms with Gasteiger partial charge < -0.3 is 10.2 Å². The van der Waals surface area contributed by atoms with Gasteiger partial charge >= 0.3 is 0 Å². The second kappa shape index (κ2) is 4.37. The molecule has 2 atom stereocenters. The lowest BCUT2D eigenvalue weighted by atomic mass is 10.1. The number of aromatic nitrogens is 1. The van der Waals surface area contributed by atoms with Crippen LogP contribution in [0, 0.1) is 0 Å². The van der Waals surface area contributed by atoms with E-state index in [0.717, 1.165) is 23.9 Å². The van der Waals surface area contributed by atoms with Crippen LogP contribution >= 0.6 is 11.6 Å². The second-order valence-electron chi connectivity index (χ2n) is 4.12. The average Bonchev–Trinajstić information content (AvgIpc) is 2.23. The van der Waals surface area contributed by atoms with Crippen LogP contribution in [0.2, 0.25) is 5.02 Å². The number of piperazine rings is 1. The van der Waals surface area contributed by atoms with Crippen molar-refractivity contribution in [2.24, 2.45) is 0 Å². The molecule has 0 radical (unpaired) electrons. The summed E-state index contributed by atoms with van der Waals surface area (Å²) in [6.45, 7) is 6.30. The third-order valence-corrected chi connectivity index (χ3v) is 3.07. The minimum absolute atomic E-state index is 0.439. The van der Waals surface area contributed by atoms with Gasteiger partial charge in [-0.2, -0.15) is 0 Å². The van der Waals surface area contributed by atoms with Gasteiger partial charge in [0, 0.05) is 31.4 Å². The zero-order chi connectivity index (χ0) is 10.8. The number of hydrogen-bond acceptors (Lipinski definition) is 3. The molecule has 1 N–H and O–H groups in total. The molecule has 1 aliphatic rings. The van der Waals surface area contributed by atoms with E-state index in [-0.39, 0.29) is 0 Å². The lowest BCUT2D eigenvalue weighted by molar-refractivity contribution is 0.422. The van der Waals surface area contributed by atoms with Crippen LogP contribution in [0.15, 0.2) is 18.3 Å². The first-order chi connectivity index (χ1) is 7.18. The van der Waals surface area contributed by atoms with E-state index in [2.05, 4.69) is 29.0 Å². The Bertz CT molecular complexity index is 342. The molecule has 1 aromatic rings. The fourth-order valence-electron chi connectivity index (χ4n) is 1.91. The van der Waals surface area contributed by atoms with Crippen LogP contribution in [-0.4, -0.2) is 30.2 Å². The van der Waals surface area contributed by atoms with Crippen LogP contribution in [-0.2, 0) is 0 Å². The van der Waals surface area contributed by atoms with Crippen LogP contribution in [0.4, 0.5) is 5.82 Å². The molecule has 2 unspecified atom stereocenters. The summed E-state index contributed by atoms with van der Waals surface area (Å²) < 4.78 is 0. The molecule has 1 fully saturated rings. The Morgan fingerprint density at radius 1 is 1.53 bits per heavy atom. The van der Waals surface area contributed by atoms with E-state index < -0.39 is 0 Å². The number of nitrogens with one attached hydrogen (secondary N) is 1. The summed E-state index contributed by atoms with van der Waals surface area (Å²) >= 11 is 6.15. The quantitative estimate of drug-likeness (QED) is 0.792. The summed E-state index contributed by atoms with van der Waals surface area (Å²) in [6.07, 6.45) is 1.79. The Labute approximate surface area is 95.4 Å². The van der Waals surface area contributed by atoms with Crippen molar-refractivity contribution in [1.82, 2.24) is 10.3 Å². The maximum atomic E-state index is 6.15. The predicted molar refractivity (Wildman–Crippen MR) is 63.5 cm³/mol. The van der Waals surface area contributed by atoms with Crippen molar-refractivity contribution in [1.29, 1.82) is 0 Å². The smallest absolute Gasteiger partial charge is 0.147 e. The fraction of sp³-hybridized carbons (Fsp3) is 0.545. The van der Waals surface area contributed by atoms with Gasteiger partial charge in [-0.05, 0) is 26.0 Å². The monoisotopic (exact) mass is 225 g/mol. The van der Waals surface area contributed by atoms with Crippen LogP contribution < -0.4 is 10.2 Å². The van der Waals surface area contributed by atoms with Gasteiger partial charge in [0.15, 0.2) is 0 Å². The normalized spacial score (nSPS) is 26.7. The van der Waals surface area contributed by atoms with Crippen LogP contribution in [0.1, 0.15) is 13.8 Å². The van der Waals surface area contributed by atoms with Crippen molar-refractivity contribution in [3.05, 3.63) is 23.4 Å². The van der Waals surface area contributed by atoms with E-state index in [1.807, 2.05) is 12.1 Å². The maximum Gasteiger partial charge on any atom is 0.147 e. The summed E-state index contributed by atoms with van der Waals surface area (Å²) in [4.78, 5) is 6.62. The first-order valence-electron chi connectivity index (χ1n) is 5.29. The lowest BCUT2D eigenvalue weighted by Gasteiger charge is -2.38. The van der Waals surface area contributed by atoms with Crippen molar-refractivity contribution in [3.8, 4) is 0 Å². The third-order valence-electron chi connectivity index (χ3n) is 2.78. The van der Waals surface area contributed by atoms with Crippen molar-refractivity contribution in [2.45, 2.75) is 25.9 Å². The van der Waals surface area contributed by atoms with Crippen molar-refractivity contribution in [2.75, 3.05) is 18.0 Å². The average molecular weight is 226 g/mol. The van der Waals surface area contributed by atoms with E-state index in [1.165, 1.54) is 0 Å². The summed E-state index contributed by atoms with van der Waals surface area (Å²) in [7, 11) is 0. The molecule has 2 heterocycles. The van der Waals surface area contributed by atoms with E-state index in [4.69, 9.17) is 11.6 Å². The molecule has 82 valence electrons. The van der Waals surface area contributed by atoms with Crippen LogP contribution in [0.25, 0.3) is 0 Å². The number of pyridine rings is 1. The molecular weight excluding hydrogens is 210 g/mol. The molecule has 15 heavy (non-hydrogen) atoms. The molecule has 4 heteroatoms. The molecule has 0 bridgehead atoms. The summed E-state index contributed by atoms with van der Waals surface area (Å²) in [5, 5.41) is 4.17. The molecule has 0 spiro atoms. The van der Waals surface area contributed by atoms with E-state index in [0.29, 0.717) is 12.1 Å². The Hall–Kier alpha value is -0.800. The van der Waals surface area contributed by atoms with Gasteiger partial charge in [-0.3, -0.25) is 0 Å². The highest BCUT2D eigenvalue weighted by molar-refractivity contribution is 6.32. The Morgan fingerprint density at radius 2 is 2.33 bits per heavy atom. The van der Waals surface area contributed by atoms with Gasteiger partial charge in [-0.1, -0.05) is 11.6 Å². The molecule has 0 saturated carbocycles. The van der Waals surface area contributed by atoms with Gasteiger partial charge in [-0.25, -0.2) is 4.98 Å². The number of nitrogens with zero attached hydrogens (tertiary/aromatic N) is 2. The highest BCUT2D eigenvalue weighted by Gasteiger charge is 2.24. The molecule has 0 aromatic carbocycles. The molecule has 3 nitrogen and oxygen atoms in total. The van der Waals surface area contributed by atoms with E-state index >= 15 is 0 Å². The molecule has 1 aliphatic heterocycles. The van der Waals surface area contributed by atoms with Gasteiger partial charge in [0.05, 0.1) is 5.02 Å². The van der Waals surface area contributed by atoms with Gasteiger partial charge in [0.1, 0.15) is 5.82 Å². The Morgan fingerprint density at radius 3 is 3.07 bits per heavy atom. The minimum atomic E-state index is 0.439. The van der Waals surface area contributed by atoms with Gasteiger partial charge in [0.25, 0.3) is 0 Å². The number of rotatable bonds is 1. The zero-order valence-electron chi connectivity index (χ0n) is 9.07. The Kier molecular flexibility index (Phi) is 3.12. The van der Waals surface area contributed by atoms with Crippen LogP contribution in [0.3, 0.4) is 0 Å². The molecule has 0 aliphatic carbocycles. The Balaban J connectivity index is 2.25. The highest BCUT2D eigenvalue weighted by Crippen LogP contribution is 2.25. The molecule has 1 saturated heterocycles. The highest BCUT2D eigenvalue weighted by atomic mass is 35.5. The largest absolute Gasteiger partial charge is 0.350 e.